The minimum atomic E-state index is 0.161. The average Bonchev–Trinajstić information content (AvgIpc) is 2.96. The normalized spacial score (nSPS) is 12.3. The summed E-state index contributed by atoms with van der Waals surface area (Å²) in [5.41, 5.74) is 1.24. The second kappa shape index (κ2) is 7.86. The topological polar surface area (TPSA) is 43.6 Å². The molecule has 4 nitrogen and oxygen atoms in total. The van der Waals surface area contributed by atoms with Crippen molar-refractivity contribution >= 4 is 0 Å². The molecule has 2 rings (SSSR count). The van der Waals surface area contributed by atoms with Crippen LogP contribution in [-0.2, 0) is 17.8 Å². The number of rotatable bonds is 8. The lowest BCUT2D eigenvalue weighted by molar-refractivity contribution is 0.161. The molecule has 0 saturated carbocycles. The Morgan fingerprint density at radius 1 is 1.10 bits per heavy atom. The van der Waals surface area contributed by atoms with Gasteiger partial charge in [0.25, 0.3) is 0 Å². The number of ether oxygens (including phenoxy) is 2. The highest BCUT2D eigenvalue weighted by molar-refractivity contribution is 5.28. The van der Waals surface area contributed by atoms with Crippen LogP contribution in [0.4, 0.5) is 0 Å². The summed E-state index contributed by atoms with van der Waals surface area (Å²) in [5, 5.41) is 3.47. The highest BCUT2D eigenvalue weighted by Gasteiger charge is 2.15. The molecule has 0 saturated heterocycles. The first-order chi connectivity index (χ1) is 10.3. The fourth-order valence-electron chi connectivity index (χ4n) is 2.32. The van der Waals surface area contributed by atoms with Crippen LogP contribution < -0.4 is 10.1 Å². The minimum Gasteiger partial charge on any atom is -0.497 e. The summed E-state index contributed by atoms with van der Waals surface area (Å²) in [4.78, 5) is 0. The van der Waals surface area contributed by atoms with Crippen LogP contribution in [0.25, 0.3) is 0 Å². The van der Waals surface area contributed by atoms with Gasteiger partial charge in [-0.25, -0.2) is 0 Å². The Hall–Kier alpha value is -1.78. The van der Waals surface area contributed by atoms with E-state index < -0.39 is 0 Å². The quantitative estimate of drug-likeness (QED) is 0.809. The molecule has 0 radical (unpaired) electrons. The van der Waals surface area contributed by atoms with Crippen molar-refractivity contribution in [3.05, 3.63) is 53.5 Å². The van der Waals surface area contributed by atoms with Crippen LogP contribution in [0.5, 0.6) is 5.75 Å². The molecule has 0 aliphatic heterocycles. The van der Waals surface area contributed by atoms with E-state index in [2.05, 4.69) is 24.4 Å². The van der Waals surface area contributed by atoms with Crippen LogP contribution >= 0.6 is 0 Å². The first-order valence-electron chi connectivity index (χ1n) is 7.20. The van der Waals surface area contributed by atoms with Gasteiger partial charge in [-0.1, -0.05) is 19.1 Å². The molecule has 1 heterocycles. The molecule has 4 heteroatoms. The Bertz CT molecular complexity index is 533. The summed E-state index contributed by atoms with van der Waals surface area (Å²) in [5.74, 6) is 2.67. The lowest BCUT2D eigenvalue weighted by atomic mass is 10.0. The predicted molar refractivity (Wildman–Crippen MR) is 82.5 cm³/mol. The van der Waals surface area contributed by atoms with E-state index in [4.69, 9.17) is 13.9 Å². The largest absolute Gasteiger partial charge is 0.497 e. The summed E-state index contributed by atoms with van der Waals surface area (Å²) in [7, 11) is 3.35. The van der Waals surface area contributed by atoms with Crippen molar-refractivity contribution in [3.63, 3.8) is 0 Å². The van der Waals surface area contributed by atoms with Crippen LogP contribution in [0.1, 0.15) is 30.0 Å². The van der Waals surface area contributed by atoms with Crippen molar-refractivity contribution in [1.29, 1.82) is 0 Å². The smallest absolute Gasteiger partial charge is 0.129 e. The van der Waals surface area contributed by atoms with Gasteiger partial charge in [-0.15, -0.1) is 0 Å². The van der Waals surface area contributed by atoms with E-state index in [-0.39, 0.29) is 6.04 Å². The Balaban J connectivity index is 2.09. The van der Waals surface area contributed by atoms with Gasteiger partial charge in [0, 0.05) is 7.11 Å². The molecule has 0 aliphatic carbocycles. The fraction of sp³-hybridized carbons (Fsp3) is 0.412. The molecule has 1 N–H and O–H groups in total. The number of furan rings is 1. The lowest BCUT2D eigenvalue weighted by Gasteiger charge is -2.16. The van der Waals surface area contributed by atoms with Gasteiger partial charge in [0.05, 0.1) is 13.2 Å². The molecule has 0 spiro atoms. The number of likely N-dealkylation sites (N-methyl/N-ethyl adjacent to an activating group) is 1. The summed E-state index contributed by atoms with van der Waals surface area (Å²) in [6, 6.07) is 12.3. The summed E-state index contributed by atoms with van der Waals surface area (Å²) >= 11 is 0. The number of hydrogen-bond donors (Lipinski definition) is 1. The Morgan fingerprint density at radius 3 is 2.48 bits per heavy atom. The third-order valence-corrected chi connectivity index (χ3v) is 3.36. The van der Waals surface area contributed by atoms with Crippen molar-refractivity contribution in [2.45, 2.75) is 26.0 Å². The van der Waals surface area contributed by atoms with Gasteiger partial charge in [-0.05, 0) is 42.8 Å². The van der Waals surface area contributed by atoms with E-state index >= 15 is 0 Å². The number of methoxy groups -OCH3 is 2. The van der Waals surface area contributed by atoms with Crippen molar-refractivity contribution < 1.29 is 13.9 Å². The van der Waals surface area contributed by atoms with E-state index in [1.165, 1.54) is 5.56 Å². The second-order valence-corrected chi connectivity index (χ2v) is 4.90. The molecule has 1 unspecified atom stereocenters. The van der Waals surface area contributed by atoms with Gasteiger partial charge in [0.1, 0.15) is 23.9 Å². The molecule has 1 aromatic carbocycles. The number of benzene rings is 1. The van der Waals surface area contributed by atoms with Gasteiger partial charge in [0.2, 0.25) is 0 Å². The molecular formula is C17H23NO3. The molecule has 0 amide bonds. The van der Waals surface area contributed by atoms with E-state index in [1.54, 1.807) is 14.2 Å². The average molecular weight is 289 g/mol. The summed E-state index contributed by atoms with van der Waals surface area (Å²) in [6.07, 6.45) is 0.873. The van der Waals surface area contributed by atoms with Gasteiger partial charge in [-0.2, -0.15) is 0 Å². The second-order valence-electron chi connectivity index (χ2n) is 4.90. The lowest BCUT2D eigenvalue weighted by Crippen LogP contribution is -2.22. The fourth-order valence-corrected chi connectivity index (χ4v) is 2.32. The molecule has 0 aliphatic rings. The van der Waals surface area contributed by atoms with Gasteiger partial charge < -0.3 is 19.2 Å². The van der Waals surface area contributed by atoms with Crippen LogP contribution in [0, 0.1) is 0 Å². The van der Waals surface area contributed by atoms with Gasteiger partial charge in [-0.3, -0.25) is 0 Å². The minimum absolute atomic E-state index is 0.161. The maximum Gasteiger partial charge on any atom is 0.129 e. The van der Waals surface area contributed by atoms with E-state index in [9.17, 15) is 0 Å². The van der Waals surface area contributed by atoms with Crippen LogP contribution in [-0.4, -0.2) is 20.8 Å². The van der Waals surface area contributed by atoms with Crippen LogP contribution in [0.2, 0.25) is 0 Å². The zero-order valence-electron chi connectivity index (χ0n) is 12.9. The first-order valence-corrected chi connectivity index (χ1v) is 7.20. The van der Waals surface area contributed by atoms with Crippen molar-refractivity contribution in [3.8, 4) is 5.75 Å². The predicted octanol–water partition coefficient (Wildman–Crippen LogP) is 3.33. The zero-order chi connectivity index (χ0) is 15.1. The molecular weight excluding hydrogens is 266 g/mol. The Labute approximate surface area is 126 Å². The Morgan fingerprint density at radius 2 is 1.86 bits per heavy atom. The monoisotopic (exact) mass is 289 g/mol. The van der Waals surface area contributed by atoms with Crippen molar-refractivity contribution in [2.75, 3.05) is 20.8 Å². The van der Waals surface area contributed by atoms with Crippen LogP contribution in [0.3, 0.4) is 0 Å². The zero-order valence-corrected chi connectivity index (χ0v) is 12.9. The SMILES string of the molecule is CCNC(Cc1ccc(OC)cc1)c1ccc(COC)o1. The molecule has 21 heavy (non-hydrogen) atoms. The van der Waals surface area contributed by atoms with E-state index in [0.29, 0.717) is 6.61 Å². The highest BCUT2D eigenvalue weighted by atomic mass is 16.5. The summed E-state index contributed by atoms with van der Waals surface area (Å²) < 4.78 is 16.1. The van der Waals surface area contributed by atoms with E-state index in [0.717, 1.165) is 30.2 Å². The molecule has 1 aromatic heterocycles. The maximum absolute atomic E-state index is 5.84. The maximum atomic E-state index is 5.84. The Kier molecular flexibility index (Phi) is 5.84. The number of hydrogen-bond acceptors (Lipinski definition) is 4. The van der Waals surface area contributed by atoms with Crippen LogP contribution in [0.15, 0.2) is 40.8 Å². The molecule has 2 aromatic rings. The third kappa shape index (κ3) is 4.34. The van der Waals surface area contributed by atoms with Crippen molar-refractivity contribution in [2.24, 2.45) is 0 Å². The van der Waals surface area contributed by atoms with Crippen molar-refractivity contribution in [1.82, 2.24) is 5.32 Å². The highest BCUT2D eigenvalue weighted by Crippen LogP contribution is 2.22. The molecule has 0 bridgehead atoms. The molecule has 114 valence electrons. The molecule has 1 atom stereocenters. The standard InChI is InChI=1S/C17H23NO3/c1-4-18-16(17-10-9-15(21-17)12-19-2)11-13-5-7-14(20-3)8-6-13/h5-10,16,18H,4,11-12H2,1-3H3. The van der Waals surface area contributed by atoms with E-state index in [1.807, 2.05) is 24.3 Å². The van der Waals surface area contributed by atoms with Gasteiger partial charge >= 0.3 is 0 Å². The third-order valence-electron chi connectivity index (χ3n) is 3.36. The molecule has 0 fully saturated rings. The van der Waals surface area contributed by atoms with Gasteiger partial charge in [0.15, 0.2) is 0 Å². The summed E-state index contributed by atoms with van der Waals surface area (Å²) in [6.45, 7) is 3.49. The number of nitrogens with one attached hydrogen (secondary N) is 1. The first kappa shape index (κ1) is 15.6.